The number of rotatable bonds is 3. The molecular formula is C16H17NO3S. The Morgan fingerprint density at radius 2 is 1.67 bits per heavy atom. The molecule has 1 heterocycles. The van der Waals surface area contributed by atoms with Gasteiger partial charge < -0.3 is 9.47 Å². The molecule has 0 saturated heterocycles. The lowest BCUT2D eigenvalue weighted by Crippen LogP contribution is -2.19. The van der Waals surface area contributed by atoms with Crippen LogP contribution in [-0.4, -0.2) is 29.8 Å². The maximum atomic E-state index is 12.6. The third-order valence-corrected chi connectivity index (χ3v) is 5.20. The molecule has 2 unspecified atom stereocenters. The van der Waals surface area contributed by atoms with Gasteiger partial charge in [-0.25, -0.2) is 8.51 Å². The molecule has 0 radical (unpaired) electrons. The molecular weight excluding hydrogens is 286 g/mol. The predicted octanol–water partition coefficient (Wildman–Crippen LogP) is 2.76. The highest BCUT2D eigenvalue weighted by molar-refractivity contribution is 7.83. The quantitative estimate of drug-likeness (QED) is 0.875. The molecule has 2 aromatic carbocycles. The molecule has 110 valence electrons. The van der Waals surface area contributed by atoms with E-state index in [-0.39, 0.29) is 6.04 Å². The Morgan fingerprint density at radius 3 is 2.29 bits per heavy atom. The SMILES string of the molecule is COc1cc2c(cc1OC)S(=O)N(C)C2c1ccccc1. The van der Waals surface area contributed by atoms with Gasteiger partial charge in [0.2, 0.25) is 0 Å². The Labute approximate surface area is 126 Å². The van der Waals surface area contributed by atoms with Crippen molar-refractivity contribution >= 4 is 11.0 Å². The molecule has 0 bridgehead atoms. The van der Waals surface area contributed by atoms with Crippen molar-refractivity contribution in [1.29, 1.82) is 0 Å². The van der Waals surface area contributed by atoms with E-state index in [0.29, 0.717) is 11.5 Å². The van der Waals surface area contributed by atoms with Crippen molar-refractivity contribution in [1.82, 2.24) is 4.31 Å². The number of ether oxygens (including phenoxy) is 2. The summed E-state index contributed by atoms with van der Waals surface area (Å²) in [6, 6.07) is 13.7. The fraction of sp³-hybridized carbons (Fsp3) is 0.250. The summed E-state index contributed by atoms with van der Waals surface area (Å²) in [6.45, 7) is 0. The van der Waals surface area contributed by atoms with E-state index in [1.54, 1.807) is 14.2 Å². The number of hydrogen-bond donors (Lipinski definition) is 0. The van der Waals surface area contributed by atoms with Crippen LogP contribution in [0.4, 0.5) is 0 Å². The van der Waals surface area contributed by atoms with Crippen LogP contribution in [0.3, 0.4) is 0 Å². The Balaban J connectivity index is 2.18. The van der Waals surface area contributed by atoms with E-state index >= 15 is 0 Å². The van der Waals surface area contributed by atoms with Gasteiger partial charge in [-0.1, -0.05) is 30.3 Å². The highest BCUT2D eigenvalue weighted by Gasteiger charge is 2.36. The van der Waals surface area contributed by atoms with Gasteiger partial charge in [-0.15, -0.1) is 0 Å². The van der Waals surface area contributed by atoms with Crippen molar-refractivity contribution in [3.8, 4) is 11.5 Å². The van der Waals surface area contributed by atoms with Gasteiger partial charge in [-0.3, -0.25) is 0 Å². The number of hydrogen-bond acceptors (Lipinski definition) is 3. The maximum Gasteiger partial charge on any atom is 0.161 e. The lowest BCUT2D eigenvalue weighted by atomic mass is 9.98. The Hall–Kier alpha value is -1.85. The maximum absolute atomic E-state index is 12.6. The third-order valence-electron chi connectivity index (χ3n) is 3.74. The van der Waals surface area contributed by atoms with E-state index < -0.39 is 11.0 Å². The first-order valence-corrected chi connectivity index (χ1v) is 7.73. The Morgan fingerprint density at radius 1 is 1.05 bits per heavy atom. The first-order valence-electron chi connectivity index (χ1n) is 6.63. The molecule has 21 heavy (non-hydrogen) atoms. The standard InChI is InChI=1S/C16H17NO3S/c1-17-16(11-7-5-4-6-8-11)12-9-13(19-2)14(20-3)10-15(12)21(17)18/h4-10,16H,1-3H3. The summed E-state index contributed by atoms with van der Waals surface area (Å²) in [5, 5.41) is 0. The molecule has 0 amide bonds. The van der Waals surface area contributed by atoms with E-state index in [9.17, 15) is 4.21 Å². The van der Waals surface area contributed by atoms with Crippen LogP contribution in [0.2, 0.25) is 0 Å². The molecule has 0 spiro atoms. The zero-order valence-electron chi connectivity index (χ0n) is 12.2. The minimum absolute atomic E-state index is 0.0400. The molecule has 3 rings (SSSR count). The summed E-state index contributed by atoms with van der Waals surface area (Å²) in [5.41, 5.74) is 2.11. The number of fused-ring (bicyclic) bond motifs is 1. The molecule has 2 aromatic rings. The summed E-state index contributed by atoms with van der Waals surface area (Å²) in [4.78, 5) is 0.781. The highest BCUT2D eigenvalue weighted by atomic mass is 32.2. The van der Waals surface area contributed by atoms with Crippen molar-refractivity contribution < 1.29 is 13.7 Å². The number of nitrogens with zero attached hydrogens (tertiary/aromatic N) is 1. The lowest BCUT2D eigenvalue weighted by Gasteiger charge is -2.19. The average Bonchev–Trinajstić information content (AvgIpc) is 2.78. The van der Waals surface area contributed by atoms with E-state index in [0.717, 1.165) is 16.0 Å². The number of benzene rings is 2. The third kappa shape index (κ3) is 2.22. The van der Waals surface area contributed by atoms with E-state index in [2.05, 4.69) is 0 Å². The zero-order chi connectivity index (χ0) is 15.0. The minimum Gasteiger partial charge on any atom is -0.493 e. The van der Waals surface area contributed by atoms with Crippen molar-refractivity contribution in [2.24, 2.45) is 0 Å². The molecule has 5 heteroatoms. The first kappa shape index (κ1) is 14.1. The second-order valence-electron chi connectivity index (χ2n) is 4.85. The van der Waals surface area contributed by atoms with E-state index in [1.165, 1.54) is 0 Å². The normalized spacial score (nSPS) is 21.1. The molecule has 0 N–H and O–H groups in total. The van der Waals surface area contributed by atoms with Gasteiger partial charge in [0.25, 0.3) is 0 Å². The Kier molecular flexibility index (Phi) is 3.69. The van der Waals surface area contributed by atoms with Crippen molar-refractivity contribution in [3.05, 3.63) is 53.6 Å². The van der Waals surface area contributed by atoms with Crippen molar-refractivity contribution in [2.45, 2.75) is 10.9 Å². The lowest BCUT2D eigenvalue weighted by molar-refractivity contribution is 0.353. The average molecular weight is 303 g/mol. The van der Waals surface area contributed by atoms with Crippen LogP contribution in [0, 0.1) is 0 Å². The fourth-order valence-corrected chi connectivity index (χ4v) is 4.03. The van der Waals surface area contributed by atoms with Crippen LogP contribution < -0.4 is 9.47 Å². The van der Waals surface area contributed by atoms with Gasteiger partial charge in [0, 0.05) is 13.1 Å². The molecule has 1 aliphatic rings. The van der Waals surface area contributed by atoms with E-state index in [1.807, 2.05) is 53.8 Å². The van der Waals surface area contributed by atoms with Crippen LogP contribution in [0.5, 0.6) is 11.5 Å². The summed E-state index contributed by atoms with van der Waals surface area (Å²) in [7, 11) is 3.86. The number of methoxy groups -OCH3 is 2. The largest absolute Gasteiger partial charge is 0.493 e. The highest BCUT2D eigenvalue weighted by Crippen LogP contribution is 2.44. The Bertz CT molecular complexity index is 687. The zero-order valence-corrected chi connectivity index (χ0v) is 13.0. The molecule has 4 nitrogen and oxygen atoms in total. The second kappa shape index (κ2) is 5.50. The van der Waals surface area contributed by atoms with Gasteiger partial charge in [0.1, 0.15) is 11.0 Å². The summed E-state index contributed by atoms with van der Waals surface area (Å²) in [6.07, 6.45) is 0. The molecule has 0 saturated carbocycles. The summed E-state index contributed by atoms with van der Waals surface area (Å²) in [5.74, 6) is 1.26. The minimum atomic E-state index is -1.20. The molecule has 0 fully saturated rings. The topological polar surface area (TPSA) is 38.8 Å². The van der Waals surface area contributed by atoms with Gasteiger partial charge in [-0.05, 0) is 17.2 Å². The van der Waals surface area contributed by atoms with Crippen LogP contribution in [0.1, 0.15) is 17.2 Å². The van der Waals surface area contributed by atoms with Crippen molar-refractivity contribution in [2.75, 3.05) is 21.3 Å². The van der Waals surface area contributed by atoms with Gasteiger partial charge in [-0.2, -0.15) is 0 Å². The van der Waals surface area contributed by atoms with Gasteiger partial charge in [0.05, 0.1) is 25.2 Å². The monoisotopic (exact) mass is 303 g/mol. The second-order valence-corrected chi connectivity index (χ2v) is 6.37. The van der Waals surface area contributed by atoms with Crippen LogP contribution >= 0.6 is 0 Å². The molecule has 0 aliphatic carbocycles. The summed E-state index contributed by atoms with van der Waals surface area (Å²) >= 11 is 0. The molecule has 2 atom stereocenters. The van der Waals surface area contributed by atoms with Gasteiger partial charge >= 0.3 is 0 Å². The van der Waals surface area contributed by atoms with Crippen molar-refractivity contribution in [3.63, 3.8) is 0 Å². The van der Waals surface area contributed by atoms with E-state index in [4.69, 9.17) is 9.47 Å². The van der Waals surface area contributed by atoms with Crippen LogP contribution in [0.15, 0.2) is 47.4 Å². The summed E-state index contributed by atoms with van der Waals surface area (Å²) < 4.78 is 25.1. The smallest absolute Gasteiger partial charge is 0.161 e. The first-order chi connectivity index (χ1) is 10.2. The van der Waals surface area contributed by atoms with Crippen LogP contribution in [-0.2, 0) is 11.0 Å². The molecule has 1 aliphatic heterocycles. The predicted molar refractivity (Wildman–Crippen MR) is 82.0 cm³/mol. The van der Waals surface area contributed by atoms with Gasteiger partial charge in [0.15, 0.2) is 11.5 Å². The molecule has 0 aromatic heterocycles. The van der Waals surface area contributed by atoms with Crippen LogP contribution in [0.25, 0.3) is 0 Å². The fourth-order valence-electron chi connectivity index (χ4n) is 2.71.